The molecular weight excluding hydrogens is 221 g/mol. The van der Waals surface area contributed by atoms with Gasteiger partial charge in [-0.25, -0.2) is 0 Å². The Morgan fingerprint density at radius 3 is 2.71 bits per heavy atom. The van der Waals surface area contributed by atoms with E-state index in [1.165, 1.54) is 0 Å². The first kappa shape index (κ1) is 11.5. The van der Waals surface area contributed by atoms with Crippen molar-refractivity contribution in [3.63, 3.8) is 0 Å². The summed E-state index contributed by atoms with van der Waals surface area (Å²) in [4.78, 5) is 0. The second-order valence-electron chi connectivity index (χ2n) is 2.92. The van der Waals surface area contributed by atoms with E-state index in [0.717, 1.165) is 17.0 Å². The number of benzene rings is 1. The van der Waals surface area contributed by atoms with Crippen molar-refractivity contribution in [3.8, 4) is 5.75 Å². The third-order valence-electron chi connectivity index (χ3n) is 1.85. The first-order valence-corrected chi connectivity index (χ1v) is 5.24. The fraction of sp³-hybridized carbons (Fsp3) is 0.400. The maximum Gasteiger partial charge on any atom is 0.144 e. The number of methoxy groups -OCH3 is 1. The summed E-state index contributed by atoms with van der Waals surface area (Å²) < 4.78 is 5.26. The average Bonchev–Trinajstić information content (AvgIpc) is 2.14. The number of anilines is 1. The van der Waals surface area contributed by atoms with Gasteiger partial charge in [-0.3, -0.25) is 0 Å². The lowest BCUT2D eigenvalue weighted by Gasteiger charge is -2.13. The summed E-state index contributed by atoms with van der Waals surface area (Å²) in [5.74, 6) is 1.37. The molecule has 0 aliphatic rings. The van der Waals surface area contributed by atoms with E-state index in [4.69, 9.17) is 27.9 Å². The van der Waals surface area contributed by atoms with Crippen LogP contribution >= 0.6 is 23.2 Å². The summed E-state index contributed by atoms with van der Waals surface area (Å²) in [6.45, 7) is 2.65. The van der Waals surface area contributed by atoms with Gasteiger partial charge in [0.1, 0.15) is 5.75 Å². The predicted octanol–water partition coefficient (Wildman–Crippen LogP) is 3.31. The van der Waals surface area contributed by atoms with E-state index in [1.807, 2.05) is 19.1 Å². The SMILES string of the molecule is COc1c(C)cc(Cl)cc1NCCCl. The molecule has 0 unspecified atom stereocenters. The molecule has 1 aromatic carbocycles. The van der Waals surface area contributed by atoms with E-state index in [-0.39, 0.29) is 0 Å². The van der Waals surface area contributed by atoms with Gasteiger partial charge in [0.25, 0.3) is 0 Å². The van der Waals surface area contributed by atoms with E-state index in [1.54, 1.807) is 7.11 Å². The van der Waals surface area contributed by atoms with Gasteiger partial charge in [-0.05, 0) is 24.6 Å². The number of halogens is 2. The van der Waals surface area contributed by atoms with Gasteiger partial charge >= 0.3 is 0 Å². The summed E-state index contributed by atoms with van der Waals surface area (Å²) in [5, 5.41) is 3.85. The third kappa shape index (κ3) is 2.69. The third-order valence-corrected chi connectivity index (χ3v) is 2.26. The Morgan fingerprint density at radius 2 is 2.14 bits per heavy atom. The minimum Gasteiger partial charge on any atom is -0.494 e. The largest absolute Gasteiger partial charge is 0.494 e. The van der Waals surface area contributed by atoms with Gasteiger partial charge in [-0.2, -0.15) is 0 Å². The molecule has 0 aromatic heterocycles. The van der Waals surface area contributed by atoms with E-state index in [2.05, 4.69) is 5.32 Å². The molecule has 0 aliphatic carbocycles. The first-order valence-electron chi connectivity index (χ1n) is 4.33. The Balaban J connectivity index is 2.99. The minimum absolute atomic E-state index is 0.550. The number of rotatable bonds is 4. The molecule has 0 spiro atoms. The van der Waals surface area contributed by atoms with Crippen molar-refractivity contribution in [2.24, 2.45) is 0 Å². The van der Waals surface area contributed by atoms with Gasteiger partial charge in [-0.15, -0.1) is 11.6 Å². The molecule has 0 aliphatic heterocycles. The number of nitrogens with one attached hydrogen (secondary N) is 1. The minimum atomic E-state index is 0.550. The number of aryl methyl sites for hydroxylation is 1. The van der Waals surface area contributed by atoms with Gasteiger partial charge in [0.15, 0.2) is 0 Å². The quantitative estimate of drug-likeness (QED) is 0.807. The zero-order chi connectivity index (χ0) is 10.6. The average molecular weight is 234 g/mol. The monoisotopic (exact) mass is 233 g/mol. The van der Waals surface area contributed by atoms with Crippen molar-refractivity contribution >= 4 is 28.9 Å². The highest BCUT2D eigenvalue weighted by Crippen LogP contribution is 2.31. The molecule has 1 rings (SSSR count). The molecule has 0 bridgehead atoms. The molecule has 0 radical (unpaired) electrons. The van der Waals surface area contributed by atoms with Crippen molar-refractivity contribution in [3.05, 3.63) is 22.7 Å². The molecule has 0 saturated carbocycles. The lowest BCUT2D eigenvalue weighted by molar-refractivity contribution is 0.413. The maximum atomic E-state index is 5.93. The standard InChI is InChI=1S/C10H13Cl2NO/c1-7-5-8(12)6-9(10(7)14-2)13-4-3-11/h5-6,13H,3-4H2,1-2H3. The molecular formula is C10H13Cl2NO. The molecule has 1 N–H and O–H groups in total. The Bertz CT molecular complexity index is 315. The van der Waals surface area contributed by atoms with Gasteiger partial charge in [0, 0.05) is 17.4 Å². The van der Waals surface area contributed by atoms with Gasteiger partial charge in [-0.1, -0.05) is 11.6 Å². The van der Waals surface area contributed by atoms with E-state index in [9.17, 15) is 0 Å². The molecule has 0 heterocycles. The summed E-state index contributed by atoms with van der Waals surface area (Å²) in [7, 11) is 1.64. The second-order valence-corrected chi connectivity index (χ2v) is 3.73. The highest BCUT2D eigenvalue weighted by atomic mass is 35.5. The summed E-state index contributed by atoms with van der Waals surface area (Å²) in [5.41, 5.74) is 1.90. The molecule has 0 amide bonds. The van der Waals surface area contributed by atoms with E-state index >= 15 is 0 Å². The van der Waals surface area contributed by atoms with Crippen molar-refractivity contribution in [1.29, 1.82) is 0 Å². The van der Waals surface area contributed by atoms with Crippen LogP contribution in [-0.4, -0.2) is 19.5 Å². The van der Waals surface area contributed by atoms with Crippen molar-refractivity contribution in [2.75, 3.05) is 24.9 Å². The van der Waals surface area contributed by atoms with Crippen LogP contribution in [0.4, 0.5) is 5.69 Å². The molecule has 14 heavy (non-hydrogen) atoms. The number of ether oxygens (including phenoxy) is 1. The molecule has 78 valence electrons. The Morgan fingerprint density at radius 1 is 1.43 bits per heavy atom. The molecule has 4 heteroatoms. The van der Waals surface area contributed by atoms with Gasteiger partial charge < -0.3 is 10.1 Å². The van der Waals surface area contributed by atoms with Crippen LogP contribution in [0.5, 0.6) is 5.75 Å². The number of hydrogen-bond acceptors (Lipinski definition) is 2. The van der Waals surface area contributed by atoms with Crippen molar-refractivity contribution in [1.82, 2.24) is 0 Å². The highest BCUT2D eigenvalue weighted by Gasteiger charge is 2.06. The van der Waals surface area contributed by atoms with Crippen LogP contribution in [0.25, 0.3) is 0 Å². The van der Waals surface area contributed by atoms with E-state index in [0.29, 0.717) is 17.4 Å². The van der Waals surface area contributed by atoms with Crippen LogP contribution in [0, 0.1) is 6.92 Å². The topological polar surface area (TPSA) is 21.3 Å². The van der Waals surface area contributed by atoms with Crippen LogP contribution < -0.4 is 10.1 Å². The van der Waals surface area contributed by atoms with E-state index < -0.39 is 0 Å². The van der Waals surface area contributed by atoms with Crippen LogP contribution in [-0.2, 0) is 0 Å². The summed E-state index contributed by atoms with van der Waals surface area (Å²) >= 11 is 11.5. The second kappa shape index (κ2) is 5.32. The van der Waals surface area contributed by atoms with Crippen molar-refractivity contribution < 1.29 is 4.74 Å². The van der Waals surface area contributed by atoms with Crippen LogP contribution in [0.3, 0.4) is 0 Å². The normalized spacial score (nSPS) is 10.0. The lowest BCUT2D eigenvalue weighted by Crippen LogP contribution is -2.04. The van der Waals surface area contributed by atoms with Crippen LogP contribution in [0.1, 0.15) is 5.56 Å². The smallest absolute Gasteiger partial charge is 0.144 e. The fourth-order valence-electron chi connectivity index (χ4n) is 1.31. The van der Waals surface area contributed by atoms with Gasteiger partial charge in [0.05, 0.1) is 12.8 Å². The maximum absolute atomic E-state index is 5.93. The highest BCUT2D eigenvalue weighted by molar-refractivity contribution is 6.31. The fourth-order valence-corrected chi connectivity index (χ4v) is 1.68. The zero-order valence-electron chi connectivity index (χ0n) is 8.23. The Labute approximate surface area is 94.2 Å². The Hall–Kier alpha value is -0.600. The number of alkyl halides is 1. The summed E-state index contributed by atoms with van der Waals surface area (Å²) in [6.07, 6.45) is 0. The lowest BCUT2D eigenvalue weighted by atomic mass is 10.2. The molecule has 1 aromatic rings. The number of hydrogen-bond donors (Lipinski definition) is 1. The molecule has 0 fully saturated rings. The summed E-state index contributed by atoms with van der Waals surface area (Å²) in [6, 6.07) is 3.70. The molecule has 0 saturated heterocycles. The molecule has 2 nitrogen and oxygen atoms in total. The van der Waals surface area contributed by atoms with Crippen LogP contribution in [0.2, 0.25) is 5.02 Å². The first-order chi connectivity index (χ1) is 6.69. The molecule has 0 atom stereocenters. The Kier molecular flexibility index (Phi) is 4.36. The van der Waals surface area contributed by atoms with Gasteiger partial charge in [0.2, 0.25) is 0 Å². The zero-order valence-corrected chi connectivity index (χ0v) is 9.74. The van der Waals surface area contributed by atoms with Crippen molar-refractivity contribution in [2.45, 2.75) is 6.92 Å². The van der Waals surface area contributed by atoms with Crippen LogP contribution in [0.15, 0.2) is 12.1 Å². The predicted molar refractivity (Wildman–Crippen MR) is 62.0 cm³/mol.